The van der Waals surface area contributed by atoms with Gasteiger partial charge in [0.05, 0.1) is 0 Å². The molecule has 0 spiro atoms. The van der Waals surface area contributed by atoms with Gasteiger partial charge in [0.25, 0.3) is 5.56 Å². The molecule has 0 amide bonds. The first-order chi connectivity index (χ1) is 8.04. The summed E-state index contributed by atoms with van der Waals surface area (Å²) in [6.45, 7) is 9.32. The first-order valence-corrected chi connectivity index (χ1v) is 6.24. The summed E-state index contributed by atoms with van der Waals surface area (Å²) in [5.41, 5.74) is 6.32. The van der Waals surface area contributed by atoms with Crippen molar-refractivity contribution in [3.63, 3.8) is 0 Å². The van der Waals surface area contributed by atoms with E-state index in [2.05, 4.69) is 25.7 Å². The molecule has 1 aromatic heterocycles. The zero-order valence-corrected chi connectivity index (χ0v) is 11.0. The van der Waals surface area contributed by atoms with Gasteiger partial charge in [-0.25, -0.2) is 0 Å². The van der Waals surface area contributed by atoms with Crippen LogP contribution in [0.15, 0.2) is 23.1 Å². The van der Waals surface area contributed by atoms with Crippen LogP contribution < -0.4 is 11.3 Å². The van der Waals surface area contributed by atoms with Gasteiger partial charge in [0, 0.05) is 37.1 Å². The van der Waals surface area contributed by atoms with Crippen molar-refractivity contribution in [1.82, 2.24) is 9.47 Å². The Bertz CT molecular complexity index is 398. The summed E-state index contributed by atoms with van der Waals surface area (Å²) < 4.78 is 1.68. The predicted octanol–water partition coefficient (Wildman–Crippen LogP) is 1.55. The Morgan fingerprint density at radius 3 is 2.71 bits per heavy atom. The van der Waals surface area contributed by atoms with Gasteiger partial charge in [0.15, 0.2) is 0 Å². The van der Waals surface area contributed by atoms with Crippen molar-refractivity contribution in [2.75, 3.05) is 18.8 Å². The summed E-state index contributed by atoms with van der Waals surface area (Å²) >= 11 is 0. The maximum Gasteiger partial charge on any atom is 0.250 e. The van der Waals surface area contributed by atoms with Crippen LogP contribution in [0, 0.1) is 0 Å². The van der Waals surface area contributed by atoms with Crippen LogP contribution in [0.5, 0.6) is 0 Å². The molecule has 0 aliphatic carbocycles. The monoisotopic (exact) mass is 237 g/mol. The van der Waals surface area contributed by atoms with Crippen LogP contribution in [0.1, 0.15) is 27.2 Å². The van der Waals surface area contributed by atoms with E-state index in [0.717, 1.165) is 26.1 Å². The highest BCUT2D eigenvalue weighted by molar-refractivity contribution is 5.33. The average Bonchev–Trinajstić information content (AvgIpc) is 2.28. The molecule has 0 aliphatic heterocycles. The fourth-order valence-corrected chi connectivity index (χ4v) is 1.95. The number of hydrogen-bond acceptors (Lipinski definition) is 3. The number of aryl methyl sites for hydroxylation is 1. The molecule has 4 heteroatoms. The van der Waals surface area contributed by atoms with Crippen molar-refractivity contribution in [3.8, 4) is 0 Å². The maximum absolute atomic E-state index is 11.5. The van der Waals surface area contributed by atoms with Crippen molar-refractivity contribution in [3.05, 3.63) is 28.7 Å². The number of rotatable bonds is 6. The third kappa shape index (κ3) is 4.23. The van der Waals surface area contributed by atoms with Crippen LogP contribution in [0.25, 0.3) is 0 Å². The average molecular weight is 237 g/mol. The predicted molar refractivity (Wildman–Crippen MR) is 72.1 cm³/mol. The molecule has 96 valence electrons. The van der Waals surface area contributed by atoms with Crippen molar-refractivity contribution >= 4 is 5.69 Å². The van der Waals surface area contributed by atoms with E-state index in [1.54, 1.807) is 16.8 Å². The van der Waals surface area contributed by atoms with Crippen LogP contribution in [0.4, 0.5) is 5.69 Å². The highest BCUT2D eigenvalue weighted by Crippen LogP contribution is 2.01. The number of nitrogens with two attached hydrogens (primary N) is 1. The van der Waals surface area contributed by atoms with Gasteiger partial charge >= 0.3 is 0 Å². The minimum Gasteiger partial charge on any atom is -0.398 e. The van der Waals surface area contributed by atoms with E-state index in [-0.39, 0.29) is 5.56 Å². The van der Waals surface area contributed by atoms with Gasteiger partial charge in [-0.1, -0.05) is 6.92 Å². The molecule has 0 fully saturated rings. The lowest BCUT2D eigenvalue weighted by Crippen LogP contribution is -2.32. The summed E-state index contributed by atoms with van der Waals surface area (Å²) in [5, 5.41) is 0. The third-order valence-corrected chi connectivity index (χ3v) is 2.99. The molecule has 17 heavy (non-hydrogen) atoms. The first kappa shape index (κ1) is 13.8. The van der Waals surface area contributed by atoms with Gasteiger partial charge in [-0.2, -0.15) is 0 Å². The Morgan fingerprint density at radius 1 is 1.41 bits per heavy atom. The molecule has 1 rings (SSSR count). The van der Waals surface area contributed by atoms with Crippen LogP contribution >= 0.6 is 0 Å². The lowest BCUT2D eigenvalue weighted by molar-refractivity contribution is 0.226. The van der Waals surface area contributed by atoms with Crippen molar-refractivity contribution in [2.24, 2.45) is 0 Å². The highest BCUT2D eigenvalue weighted by Gasteiger charge is 2.06. The summed E-state index contributed by atoms with van der Waals surface area (Å²) in [4.78, 5) is 13.9. The number of nitrogen functional groups attached to an aromatic ring is 1. The highest BCUT2D eigenvalue weighted by atomic mass is 16.1. The molecular formula is C13H23N3O. The number of hydrogen-bond donors (Lipinski definition) is 1. The molecule has 0 radical (unpaired) electrons. The summed E-state index contributed by atoms with van der Waals surface area (Å²) in [6.07, 6.45) is 2.68. The fourth-order valence-electron chi connectivity index (χ4n) is 1.95. The zero-order chi connectivity index (χ0) is 12.8. The molecule has 1 aromatic rings. The molecule has 0 bridgehead atoms. The van der Waals surface area contributed by atoms with E-state index >= 15 is 0 Å². The Hall–Kier alpha value is -1.29. The number of aromatic nitrogens is 1. The van der Waals surface area contributed by atoms with E-state index in [1.165, 1.54) is 6.07 Å². The first-order valence-electron chi connectivity index (χ1n) is 6.24. The van der Waals surface area contributed by atoms with E-state index < -0.39 is 0 Å². The van der Waals surface area contributed by atoms with Crippen LogP contribution in [0.2, 0.25) is 0 Å². The second kappa shape index (κ2) is 6.45. The summed E-state index contributed by atoms with van der Waals surface area (Å²) in [6, 6.07) is 3.72. The smallest absolute Gasteiger partial charge is 0.250 e. The normalized spacial score (nSPS) is 11.4. The molecule has 1 heterocycles. The molecule has 0 unspecified atom stereocenters. The SMILES string of the molecule is CCN(CCCn1cc(N)ccc1=O)C(C)C. The second-order valence-electron chi connectivity index (χ2n) is 4.57. The molecule has 0 aromatic carbocycles. The standard InChI is InChI=1S/C13H23N3O/c1-4-15(11(2)3)8-5-9-16-10-12(14)6-7-13(16)17/h6-7,10-11H,4-5,8-9,14H2,1-3H3. The number of pyridine rings is 1. The van der Waals surface area contributed by atoms with E-state index in [1.807, 2.05) is 0 Å². The lowest BCUT2D eigenvalue weighted by atomic mass is 10.3. The molecular weight excluding hydrogens is 214 g/mol. The topological polar surface area (TPSA) is 51.3 Å². The van der Waals surface area contributed by atoms with Gasteiger partial charge in [-0.05, 0) is 32.9 Å². The minimum absolute atomic E-state index is 0.0202. The molecule has 0 atom stereocenters. The number of nitrogens with zero attached hydrogens (tertiary/aromatic N) is 2. The number of anilines is 1. The van der Waals surface area contributed by atoms with Crippen molar-refractivity contribution < 1.29 is 0 Å². The molecule has 2 N–H and O–H groups in total. The Labute approximate surface area is 103 Å². The summed E-state index contributed by atoms with van der Waals surface area (Å²) in [5.74, 6) is 0. The van der Waals surface area contributed by atoms with Crippen LogP contribution in [-0.2, 0) is 6.54 Å². The van der Waals surface area contributed by atoms with E-state index in [9.17, 15) is 4.79 Å². The van der Waals surface area contributed by atoms with Gasteiger partial charge in [-0.3, -0.25) is 4.79 Å². The Morgan fingerprint density at radius 2 is 2.12 bits per heavy atom. The van der Waals surface area contributed by atoms with Gasteiger partial charge < -0.3 is 15.2 Å². The third-order valence-electron chi connectivity index (χ3n) is 2.99. The van der Waals surface area contributed by atoms with Crippen molar-refractivity contribution in [1.29, 1.82) is 0 Å². The second-order valence-corrected chi connectivity index (χ2v) is 4.57. The van der Waals surface area contributed by atoms with Gasteiger partial charge in [0.2, 0.25) is 0 Å². The molecule has 0 saturated carbocycles. The van der Waals surface area contributed by atoms with E-state index in [4.69, 9.17) is 5.73 Å². The van der Waals surface area contributed by atoms with Gasteiger partial charge in [-0.15, -0.1) is 0 Å². The van der Waals surface area contributed by atoms with Crippen molar-refractivity contribution in [2.45, 2.75) is 39.8 Å². The van der Waals surface area contributed by atoms with Gasteiger partial charge in [0.1, 0.15) is 0 Å². The quantitative estimate of drug-likeness (QED) is 0.816. The zero-order valence-electron chi connectivity index (χ0n) is 11.0. The minimum atomic E-state index is 0.0202. The molecule has 0 saturated heterocycles. The fraction of sp³-hybridized carbons (Fsp3) is 0.615. The largest absolute Gasteiger partial charge is 0.398 e. The van der Waals surface area contributed by atoms with E-state index in [0.29, 0.717) is 11.7 Å². The van der Waals surface area contributed by atoms with Crippen LogP contribution in [0.3, 0.4) is 0 Å². The Balaban J connectivity index is 2.50. The molecule has 4 nitrogen and oxygen atoms in total. The summed E-state index contributed by atoms with van der Waals surface area (Å²) in [7, 11) is 0. The maximum atomic E-state index is 11.5. The lowest BCUT2D eigenvalue weighted by Gasteiger charge is -2.24. The Kier molecular flexibility index (Phi) is 5.22. The molecule has 0 aliphatic rings. The van der Waals surface area contributed by atoms with Crippen LogP contribution in [-0.4, -0.2) is 28.6 Å².